The fourth-order valence-electron chi connectivity index (χ4n) is 2.28. The van der Waals surface area contributed by atoms with Crippen LogP contribution in [0, 0.1) is 0 Å². The molecule has 0 bridgehead atoms. The average Bonchev–Trinajstić information content (AvgIpc) is 2.87. The maximum absolute atomic E-state index is 8.82. The van der Waals surface area contributed by atoms with E-state index >= 15 is 0 Å². The smallest absolute Gasteiger partial charge is 0.150 e. The lowest BCUT2D eigenvalue weighted by atomic mass is 10.1. The maximum atomic E-state index is 8.82. The van der Waals surface area contributed by atoms with Crippen LogP contribution in [-0.2, 0) is 6.54 Å². The van der Waals surface area contributed by atoms with E-state index in [1.807, 2.05) is 6.07 Å². The highest BCUT2D eigenvalue weighted by molar-refractivity contribution is 4.94. The summed E-state index contributed by atoms with van der Waals surface area (Å²) in [5, 5.41) is 12.5. The lowest BCUT2D eigenvalue weighted by molar-refractivity contribution is 0.192. The van der Waals surface area contributed by atoms with Gasteiger partial charge in [-0.3, -0.25) is 4.90 Å². The maximum Gasteiger partial charge on any atom is 0.150 e. The molecule has 1 unspecified atom stereocenters. The highest BCUT2D eigenvalue weighted by atomic mass is 16.5. The second-order valence-electron chi connectivity index (χ2n) is 4.11. The Kier molecular flexibility index (Phi) is 3.75. The molecule has 2 rings (SSSR count). The Hall–Kier alpha value is -0.870. The minimum atomic E-state index is 0.298. The summed E-state index contributed by atoms with van der Waals surface area (Å²) in [6.07, 6.45) is 6.18. The lowest BCUT2D eigenvalue weighted by Crippen LogP contribution is -2.28. The van der Waals surface area contributed by atoms with Crippen molar-refractivity contribution in [3.05, 3.63) is 18.0 Å². The van der Waals surface area contributed by atoms with Crippen LogP contribution in [0.25, 0.3) is 0 Å². The van der Waals surface area contributed by atoms with Crippen molar-refractivity contribution in [1.82, 2.24) is 10.1 Å². The number of hydrogen-bond acceptors (Lipinski definition) is 4. The van der Waals surface area contributed by atoms with E-state index in [1.54, 1.807) is 6.20 Å². The third-order valence-electron chi connectivity index (χ3n) is 3.04. The molecule has 0 spiro atoms. The molecule has 1 aliphatic rings. The summed E-state index contributed by atoms with van der Waals surface area (Å²) in [5.74, 6) is 0.936. The van der Waals surface area contributed by atoms with Crippen molar-refractivity contribution in [1.29, 1.82) is 0 Å². The Morgan fingerprint density at radius 3 is 3.27 bits per heavy atom. The van der Waals surface area contributed by atoms with Crippen LogP contribution < -0.4 is 0 Å². The van der Waals surface area contributed by atoms with Crippen molar-refractivity contribution in [2.45, 2.75) is 38.3 Å². The summed E-state index contributed by atoms with van der Waals surface area (Å²) >= 11 is 0. The van der Waals surface area contributed by atoms with Crippen LogP contribution in [0.5, 0.6) is 0 Å². The van der Waals surface area contributed by atoms with Gasteiger partial charge in [0.15, 0.2) is 5.76 Å². The van der Waals surface area contributed by atoms with Crippen LogP contribution in [0.1, 0.15) is 31.4 Å². The van der Waals surface area contributed by atoms with E-state index in [4.69, 9.17) is 9.63 Å². The van der Waals surface area contributed by atoms with E-state index in [0.717, 1.165) is 31.7 Å². The normalized spacial score (nSPS) is 22.3. The molecule has 2 heterocycles. The molecule has 15 heavy (non-hydrogen) atoms. The van der Waals surface area contributed by atoms with Gasteiger partial charge in [-0.15, -0.1) is 0 Å². The molecule has 1 N–H and O–H groups in total. The molecule has 4 heteroatoms. The monoisotopic (exact) mass is 210 g/mol. The molecule has 1 aliphatic heterocycles. The largest absolute Gasteiger partial charge is 0.396 e. The Labute approximate surface area is 89.9 Å². The van der Waals surface area contributed by atoms with Gasteiger partial charge in [-0.25, -0.2) is 0 Å². The van der Waals surface area contributed by atoms with Crippen molar-refractivity contribution >= 4 is 0 Å². The number of aliphatic hydroxyl groups excluding tert-OH is 1. The number of hydrogen-bond donors (Lipinski definition) is 1. The summed E-state index contributed by atoms with van der Waals surface area (Å²) < 4.78 is 5.11. The molecule has 1 aromatic heterocycles. The van der Waals surface area contributed by atoms with E-state index in [0.29, 0.717) is 12.6 Å². The summed E-state index contributed by atoms with van der Waals surface area (Å²) in [6.45, 7) is 2.29. The second-order valence-corrected chi connectivity index (χ2v) is 4.11. The fraction of sp³-hybridized carbons (Fsp3) is 0.727. The molecule has 1 saturated heterocycles. The zero-order valence-electron chi connectivity index (χ0n) is 8.93. The number of aliphatic hydroxyl groups is 1. The van der Waals surface area contributed by atoms with Gasteiger partial charge in [-0.1, -0.05) is 5.16 Å². The molecule has 84 valence electrons. The zero-order valence-corrected chi connectivity index (χ0v) is 8.93. The van der Waals surface area contributed by atoms with Crippen molar-refractivity contribution in [2.75, 3.05) is 13.2 Å². The lowest BCUT2D eigenvalue weighted by Gasteiger charge is -2.22. The summed E-state index contributed by atoms with van der Waals surface area (Å²) in [6, 6.07) is 2.53. The number of likely N-dealkylation sites (tertiary alicyclic amines) is 1. The summed E-state index contributed by atoms with van der Waals surface area (Å²) in [5.41, 5.74) is 0. The van der Waals surface area contributed by atoms with Crippen molar-refractivity contribution in [3.63, 3.8) is 0 Å². The Morgan fingerprint density at radius 2 is 2.53 bits per heavy atom. The van der Waals surface area contributed by atoms with Gasteiger partial charge in [-0.05, 0) is 32.2 Å². The number of aromatic nitrogens is 1. The van der Waals surface area contributed by atoms with E-state index in [1.165, 1.54) is 12.8 Å². The number of rotatable bonds is 5. The van der Waals surface area contributed by atoms with E-state index in [9.17, 15) is 0 Å². The highest BCUT2D eigenvalue weighted by Gasteiger charge is 2.24. The Bertz CT molecular complexity index is 274. The van der Waals surface area contributed by atoms with Crippen LogP contribution in [0.4, 0.5) is 0 Å². The minimum Gasteiger partial charge on any atom is -0.396 e. The highest BCUT2D eigenvalue weighted by Crippen LogP contribution is 2.23. The van der Waals surface area contributed by atoms with Gasteiger partial charge in [0.2, 0.25) is 0 Å². The van der Waals surface area contributed by atoms with Crippen LogP contribution in [-0.4, -0.2) is 34.4 Å². The van der Waals surface area contributed by atoms with Gasteiger partial charge >= 0.3 is 0 Å². The Morgan fingerprint density at radius 1 is 1.60 bits per heavy atom. The standard InChI is InChI=1S/C11H18N2O2/c14-8-2-4-10-3-1-7-13(10)9-11-5-6-12-15-11/h5-6,10,14H,1-4,7-9H2. The number of nitrogens with zero attached hydrogens (tertiary/aromatic N) is 2. The molecule has 0 aromatic carbocycles. The van der Waals surface area contributed by atoms with E-state index < -0.39 is 0 Å². The summed E-state index contributed by atoms with van der Waals surface area (Å²) in [4.78, 5) is 2.43. The molecular formula is C11H18N2O2. The summed E-state index contributed by atoms with van der Waals surface area (Å²) in [7, 11) is 0. The molecule has 0 radical (unpaired) electrons. The fourth-order valence-corrected chi connectivity index (χ4v) is 2.28. The third kappa shape index (κ3) is 2.79. The molecule has 4 nitrogen and oxygen atoms in total. The minimum absolute atomic E-state index is 0.298. The van der Waals surface area contributed by atoms with Crippen LogP contribution in [0.3, 0.4) is 0 Å². The molecule has 0 amide bonds. The topological polar surface area (TPSA) is 49.5 Å². The molecule has 1 atom stereocenters. The predicted molar refractivity (Wildman–Crippen MR) is 56.3 cm³/mol. The predicted octanol–water partition coefficient (Wildman–Crippen LogP) is 1.41. The third-order valence-corrected chi connectivity index (χ3v) is 3.04. The van der Waals surface area contributed by atoms with Gasteiger partial charge in [0, 0.05) is 18.7 Å². The molecule has 1 aromatic rings. The molecule has 0 saturated carbocycles. The van der Waals surface area contributed by atoms with E-state index in [-0.39, 0.29) is 0 Å². The van der Waals surface area contributed by atoms with Gasteiger partial charge < -0.3 is 9.63 Å². The van der Waals surface area contributed by atoms with Crippen molar-refractivity contribution < 1.29 is 9.63 Å². The van der Waals surface area contributed by atoms with Crippen molar-refractivity contribution in [3.8, 4) is 0 Å². The SMILES string of the molecule is OCCCC1CCCN1Cc1ccno1. The van der Waals surface area contributed by atoms with Gasteiger partial charge in [0.05, 0.1) is 12.7 Å². The average molecular weight is 210 g/mol. The first-order valence-corrected chi connectivity index (χ1v) is 5.64. The zero-order chi connectivity index (χ0) is 10.5. The first-order valence-electron chi connectivity index (χ1n) is 5.64. The first-order chi connectivity index (χ1) is 7.40. The van der Waals surface area contributed by atoms with Crippen molar-refractivity contribution in [2.24, 2.45) is 0 Å². The quantitative estimate of drug-likeness (QED) is 0.798. The van der Waals surface area contributed by atoms with Crippen LogP contribution in [0.2, 0.25) is 0 Å². The Balaban J connectivity index is 1.85. The van der Waals surface area contributed by atoms with Crippen LogP contribution in [0.15, 0.2) is 16.8 Å². The second kappa shape index (κ2) is 5.28. The van der Waals surface area contributed by atoms with E-state index in [2.05, 4.69) is 10.1 Å². The van der Waals surface area contributed by atoms with Gasteiger partial charge in [0.1, 0.15) is 0 Å². The first kappa shape index (κ1) is 10.6. The van der Waals surface area contributed by atoms with Crippen LogP contribution >= 0.6 is 0 Å². The molecule has 0 aliphatic carbocycles. The van der Waals surface area contributed by atoms with Gasteiger partial charge in [-0.2, -0.15) is 0 Å². The molecular weight excluding hydrogens is 192 g/mol. The van der Waals surface area contributed by atoms with Gasteiger partial charge in [0.25, 0.3) is 0 Å². The molecule has 1 fully saturated rings.